The number of aryl methyl sites for hydroxylation is 1. The molecule has 0 bridgehead atoms. The molecule has 3 heteroatoms. The first-order valence-electron chi connectivity index (χ1n) is 3.69. The van der Waals surface area contributed by atoms with E-state index in [9.17, 15) is 9.32 Å². The zero-order valence-corrected chi connectivity index (χ0v) is 6.71. The number of benzene rings is 1. The Morgan fingerprint density at radius 1 is 1.42 bits per heavy atom. The average Bonchev–Trinajstić information content (AvgIpc) is 2.17. The lowest BCUT2D eigenvalue weighted by molar-refractivity contribution is -0.0788. The summed E-state index contributed by atoms with van der Waals surface area (Å²) in [6.45, 7) is 2.00. The highest BCUT2D eigenvalue weighted by Gasteiger charge is 2.05. The van der Waals surface area contributed by atoms with Crippen molar-refractivity contribution in [1.82, 2.24) is 0 Å². The molecule has 0 atom stereocenters. The van der Waals surface area contributed by atoms with Crippen molar-refractivity contribution < 1.29 is 14.3 Å². The normalized spacial score (nSPS) is 9.50. The summed E-state index contributed by atoms with van der Waals surface area (Å²) in [6, 6.07) is 6.62. The van der Waals surface area contributed by atoms with Crippen LogP contribution in [0.25, 0.3) is 0 Å². The van der Waals surface area contributed by atoms with Gasteiger partial charge < -0.3 is 0 Å². The summed E-state index contributed by atoms with van der Waals surface area (Å²) in [7, 11) is 0. The lowest BCUT2D eigenvalue weighted by atomic mass is 10.1. The van der Waals surface area contributed by atoms with Gasteiger partial charge in [-0.3, -0.25) is 0 Å². The van der Waals surface area contributed by atoms with Gasteiger partial charge in [-0.25, -0.2) is 9.74 Å². The number of hydrogen-bond donors (Lipinski definition) is 0. The van der Waals surface area contributed by atoms with Crippen molar-refractivity contribution in [1.29, 1.82) is 0 Å². The molecule has 0 saturated heterocycles. The molecule has 0 aromatic heterocycles. The van der Waals surface area contributed by atoms with Crippen LogP contribution in [-0.2, 0) is 11.4 Å². The number of rotatable bonds is 2. The standard InChI is InChI=1S/C9H9FO2/c1-2-7-3-5-8(6-4-7)9(11)12-10/h3-6H,2H2,1H3. The van der Waals surface area contributed by atoms with E-state index in [1.54, 1.807) is 24.3 Å². The van der Waals surface area contributed by atoms with Crippen LogP contribution in [0.1, 0.15) is 22.8 Å². The predicted molar refractivity (Wildman–Crippen MR) is 42.3 cm³/mol. The second kappa shape index (κ2) is 3.85. The van der Waals surface area contributed by atoms with E-state index in [1.165, 1.54) is 0 Å². The van der Waals surface area contributed by atoms with Crippen molar-refractivity contribution >= 4 is 5.97 Å². The smallest absolute Gasteiger partial charge is 0.249 e. The molecule has 0 heterocycles. The van der Waals surface area contributed by atoms with Crippen LogP contribution < -0.4 is 0 Å². The number of carbonyl (C=O) groups excluding carboxylic acids is 1. The van der Waals surface area contributed by atoms with E-state index >= 15 is 0 Å². The Bertz CT molecular complexity index is 266. The molecule has 0 radical (unpaired) electrons. The molecule has 0 spiro atoms. The zero-order valence-electron chi connectivity index (χ0n) is 6.71. The highest BCUT2D eigenvalue weighted by Crippen LogP contribution is 2.06. The third-order valence-electron chi connectivity index (χ3n) is 1.67. The lowest BCUT2D eigenvalue weighted by Gasteiger charge is -1.97. The molecule has 0 aliphatic carbocycles. The second-order valence-electron chi connectivity index (χ2n) is 2.42. The minimum atomic E-state index is -0.947. The molecule has 12 heavy (non-hydrogen) atoms. The summed E-state index contributed by atoms with van der Waals surface area (Å²) < 4.78 is 11.4. The Labute approximate surface area is 69.9 Å². The molecule has 2 nitrogen and oxygen atoms in total. The minimum absolute atomic E-state index is 0.231. The van der Waals surface area contributed by atoms with Gasteiger partial charge in [0.2, 0.25) is 0 Å². The van der Waals surface area contributed by atoms with Crippen molar-refractivity contribution in [2.24, 2.45) is 0 Å². The fraction of sp³-hybridized carbons (Fsp3) is 0.222. The summed E-state index contributed by atoms with van der Waals surface area (Å²) in [6.07, 6.45) is 0.894. The van der Waals surface area contributed by atoms with Crippen LogP contribution >= 0.6 is 0 Å². The van der Waals surface area contributed by atoms with Crippen molar-refractivity contribution in [3.05, 3.63) is 35.4 Å². The SMILES string of the molecule is CCc1ccc(C(=O)OF)cc1. The third-order valence-corrected chi connectivity index (χ3v) is 1.67. The third kappa shape index (κ3) is 1.81. The maximum atomic E-state index is 11.4. The van der Waals surface area contributed by atoms with Gasteiger partial charge in [0.1, 0.15) is 0 Å². The number of carbonyl (C=O) groups is 1. The van der Waals surface area contributed by atoms with E-state index in [0.717, 1.165) is 12.0 Å². The van der Waals surface area contributed by atoms with E-state index in [2.05, 4.69) is 4.94 Å². The van der Waals surface area contributed by atoms with E-state index in [1.807, 2.05) is 6.92 Å². The Morgan fingerprint density at radius 2 is 2.00 bits per heavy atom. The molecule has 1 rings (SSSR count). The van der Waals surface area contributed by atoms with Crippen LogP contribution in [-0.4, -0.2) is 5.97 Å². The first-order valence-corrected chi connectivity index (χ1v) is 3.69. The van der Waals surface area contributed by atoms with Crippen molar-refractivity contribution in [3.63, 3.8) is 0 Å². The molecule has 1 aromatic rings. The van der Waals surface area contributed by atoms with Gasteiger partial charge in [0.25, 0.3) is 0 Å². The van der Waals surface area contributed by atoms with Gasteiger partial charge in [-0.15, -0.1) is 0 Å². The van der Waals surface area contributed by atoms with Gasteiger partial charge >= 0.3 is 5.97 Å². The molecular formula is C9H9FO2. The van der Waals surface area contributed by atoms with E-state index in [0.29, 0.717) is 0 Å². The molecule has 0 unspecified atom stereocenters. The van der Waals surface area contributed by atoms with Gasteiger partial charge in [0.15, 0.2) is 0 Å². The van der Waals surface area contributed by atoms with Crippen molar-refractivity contribution in [2.45, 2.75) is 13.3 Å². The van der Waals surface area contributed by atoms with E-state index < -0.39 is 5.97 Å². The highest BCUT2D eigenvalue weighted by atomic mass is 19.3. The van der Waals surface area contributed by atoms with Crippen LogP contribution in [0.2, 0.25) is 0 Å². The Balaban J connectivity index is 2.84. The van der Waals surface area contributed by atoms with Crippen LogP contribution in [0.5, 0.6) is 0 Å². The Kier molecular flexibility index (Phi) is 2.80. The maximum absolute atomic E-state index is 11.4. The van der Waals surface area contributed by atoms with Gasteiger partial charge in [0, 0.05) is 4.53 Å². The quantitative estimate of drug-likeness (QED) is 0.677. The molecule has 0 saturated carbocycles. The van der Waals surface area contributed by atoms with Crippen LogP contribution in [0.3, 0.4) is 0 Å². The number of halogens is 1. The van der Waals surface area contributed by atoms with Crippen LogP contribution in [0.4, 0.5) is 4.53 Å². The number of hydrogen-bond acceptors (Lipinski definition) is 2. The average molecular weight is 168 g/mol. The van der Waals surface area contributed by atoms with Crippen LogP contribution in [0.15, 0.2) is 24.3 Å². The topological polar surface area (TPSA) is 26.3 Å². The Hall–Kier alpha value is -1.38. The summed E-state index contributed by atoms with van der Waals surface area (Å²) in [5, 5.41) is 0. The van der Waals surface area contributed by atoms with E-state index in [4.69, 9.17) is 0 Å². The Morgan fingerprint density at radius 3 is 2.42 bits per heavy atom. The molecule has 0 fully saturated rings. The van der Waals surface area contributed by atoms with E-state index in [-0.39, 0.29) is 5.56 Å². The van der Waals surface area contributed by atoms with Crippen molar-refractivity contribution in [2.75, 3.05) is 0 Å². The monoisotopic (exact) mass is 168 g/mol. The second-order valence-corrected chi connectivity index (χ2v) is 2.42. The summed E-state index contributed by atoms with van der Waals surface area (Å²) in [4.78, 5) is 13.7. The van der Waals surface area contributed by atoms with Gasteiger partial charge in [0.05, 0.1) is 5.56 Å². The first kappa shape index (κ1) is 8.71. The summed E-state index contributed by atoms with van der Waals surface area (Å²) in [5.74, 6) is -0.947. The van der Waals surface area contributed by atoms with Gasteiger partial charge in [-0.1, -0.05) is 19.1 Å². The molecule has 0 N–H and O–H groups in total. The maximum Gasteiger partial charge on any atom is 0.379 e. The highest BCUT2D eigenvalue weighted by molar-refractivity contribution is 5.88. The molecular weight excluding hydrogens is 159 g/mol. The molecule has 0 amide bonds. The molecule has 0 aliphatic heterocycles. The summed E-state index contributed by atoms with van der Waals surface area (Å²) in [5.41, 5.74) is 1.33. The van der Waals surface area contributed by atoms with Gasteiger partial charge in [-0.2, -0.15) is 0 Å². The largest absolute Gasteiger partial charge is 0.379 e. The molecule has 64 valence electrons. The zero-order chi connectivity index (χ0) is 8.97. The predicted octanol–water partition coefficient (Wildman–Crippen LogP) is 2.29. The lowest BCUT2D eigenvalue weighted by Crippen LogP contribution is -1.98. The molecule has 1 aromatic carbocycles. The minimum Gasteiger partial charge on any atom is -0.249 e. The molecule has 0 aliphatic rings. The van der Waals surface area contributed by atoms with Crippen LogP contribution in [0, 0.1) is 0 Å². The fourth-order valence-electron chi connectivity index (χ4n) is 0.921. The summed E-state index contributed by atoms with van der Waals surface area (Å²) >= 11 is 0. The van der Waals surface area contributed by atoms with Gasteiger partial charge in [-0.05, 0) is 24.1 Å². The van der Waals surface area contributed by atoms with Crippen molar-refractivity contribution in [3.8, 4) is 0 Å². The first-order chi connectivity index (χ1) is 5.77. The fourth-order valence-corrected chi connectivity index (χ4v) is 0.921.